The van der Waals surface area contributed by atoms with E-state index < -0.39 is 0 Å². The van der Waals surface area contributed by atoms with Gasteiger partial charge in [0.15, 0.2) is 0 Å². The number of anilines is 1. The standard InChI is InChI=1S/C8H15N5/c9-8-11-7(12-13-8)5-10-6-3-1-2-4-6/h6,10H,1-5H2,(H3,9,11,12,13). The van der Waals surface area contributed by atoms with Gasteiger partial charge in [0, 0.05) is 6.04 Å². The third-order valence-corrected chi connectivity index (χ3v) is 2.46. The van der Waals surface area contributed by atoms with Crippen LogP contribution in [0.2, 0.25) is 0 Å². The smallest absolute Gasteiger partial charge is 0.239 e. The summed E-state index contributed by atoms with van der Waals surface area (Å²) in [7, 11) is 0. The Bertz CT molecular complexity index is 263. The van der Waals surface area contributed by atoms with E-state index >= 15 is 0 Å². The zero-order chi connectivity index (χ0) is 9.10. The lowest BCUT2D eigenvalue weighted by atomic mass is 10.2. The van der Waals surface area contributed by atoms with Crippen molar-refractivity contribution < 1.29 is 0 Å². The molecule has 5 heteroatoms. The lowest BCUT2D eigenvalue weighted by molar-refractivity contribution is 0.514. The summed E-state index contributed by atoms with van der Waals surface area (Å²) in [4.78, 5) is 4.02. The van der Waals surface area contributed by atoms with E-state index in [1.54, 1.807) is 0 Å². The van der Waals surface area contributed by atoms with Crippen LogP contribution in [0.3, 0.4) is 0 Å². The zero-order valence-electron chi connectivity index (χ0n) is 7.58. The number of hydrogen-bond acceptors (Lipinski definition) is 4. The maximum atomic E-state index is 5.38. The predicted octanol–water partition coefficient (Wildman–Crippen LogP) is 0.419. The van der Waals surface area contributed by atoms with Crippen LogP contribution < -0.4 is 11.1 Å². The van der Waals surface area contributed by atoms with Gasteiger partial charge in [0.05, 0.1) is 6.54 Å². The van der Waals surface area contributed by atoms with E-state index in [0.29, 0.717) is 12.0 Å². The Morgan fingerprint density at radius 1 is 1.46 bits per heavy atom. The molecule has 1 saturated carbocycles. The third-order valence-electron chi connectivity index (χ3n) is 2.46. The van der Waals surface area contributed by atoms with E-state index in [0.717, 1.165) is 12.4 Å². The molecule has 1 aromatic rings. The third kappa shape index (κ3) is 2.18. The second-order valence-corrected chi connectivity index (χ2v) is 3.50. The Labute approximate surface area is 77.1 Å². The number of nitrogens with one attached hydrogen (secondary N) is 2. The molecule has 0 atom stereocenters. The molecule has 0 amide bonds. The Kier molecular flexibility index (Phi) is 2.44. The minimum absolute atomic E-state index is 0.322. The Morgan fingerprint density at radius 3 is 2.85 bits per heavy atom. The van der Waals surface area contributed by atoms with Crippen molar-refractivity contribution in [1.82, 2.24) is 20.5 Å². The number of nitrogens with zero attached hydrogens (tertiary/aromatic N) is 2. The van der Waals surface area contributed by atoms with Gasteiger partial charge in [0.1, 0.15) is 5.82 Å². The fraction of sp³-hybridized carbons (Fsp3) is 0.750. The SMILES string of the molecule is Nc1n[nH]c(CNC2CCCC2)n1. The minimum atomic E-state index is 0.322. The van der Waals surface area contributed by atoms with E-state index in [4.69, 9.17) is 5.73 Å². The Hall–Kier alpha value is -1.10. The Morgan fingerprint density at radius 2 is 2.23 bits per heavy atom. The topological polar surface area (TPSA) is 79.6 Å². The van der Waals surface area contributed by atoms with Gasteiger partial charge in [-0.15, -0.1) is 5.10 Å². The maximum Gasteiger partial charge on any atom is 0.239 e. The van der Waals surface area contributed by atoms with Crippen molar-refractivity contribution in [3.05, 3.63) is 5.82 Å². The minimum Gasteiger partial charge on any atom is -0.367 e. The fourth-order valence-corrected chi connectivity index (χ4v) is 1.76. The summed E-state index contributed by atoms with van der Waals surface area (Å²) in [5, 5.41) is 9.97. The second-order valence-electron chi connectivity index (χ2n) is 3.50. The van der Waals surface area contributed by atoms with Gasteiger partial charge in [0.2, 0.25) is 5.95 Å². The van der Waals surface area contributed by atoms with Gasteiger partial charge in [-0.05, 0) is 12.8 Å². The predicted molar refractivity (Wildman–Crippen MR) is 49.9 cm³/mol. The molecule has 0 unspecified atom stereocenters. The summed E-state index contributed by atoms with van der Waals surface area (Å²) in [5.74, 6) is 1.15. The summed E-state index contributed by atoms with van der Waals surface area (Å²) in [6.45, 7) is 0.745. The van der Waals surface area contributed by atoms with Crippen LogP contribution >= 0.6 is 0 Å². The molecular formula is C8H15N5. The maximum absolute atomic E-state index is 5.38. The van der Waals surface area contributed by atoms with Crippen LogP contribution in [-0.4, -0.2) is 21.2 Å². The molecular weight excluding hydrogens is 166 g/mol. The summed E-state index contributed by atoms with van der Waals surface area (Å²) in [6.07, 6.45) is 5.25. The molecule has 1 fully saturated rings. The number of nitrogen functional groups attached to an aromatic ring is 1. The van der Waals surface area contributed by atoms with E-state index in [-0.39, 0.29) is 0 Å². The van der Waals surface area contributed by atoms with Crippen LogP contribution in [-0.2, 0) is 6.54 Å². The normalized spacial score (nSPS) is 18.2. The zero-order valence-corrected chi connectivity index (χ0v) is 7.58. The number of aromatic amines is 1. The van der Waals surface area contributed by atoms with Crippen LogP contribution in [0.1, 0.15) is 31.5 Å². The molecule has 0 saturated heterocycles. The molecule has 72 valence electrons. The van der Waals surface area contributed by atoms with Crippen LogP contribution in [0.25, 0.3) is 0 Å². The van der Waals surface area contributed by atoms with Gasteiger partial charge in [-0.2, -0.15) is 4.98 Å². The highest BCUT2D eigenvalue weighted by atomic mass is 15.3. The fourth-order valence-electron chi connectivity index (χ4n) is 1.76. The van der Waals surface area contributed by atoms with Crippen LogP contribution in [0.15, 0.2) is 0 Å². The lowest BCUT2D eigenvalue weighted by Gasteiger charge is -2.08. The van der Waals surface area contributed by atoms with Gasteiger partial charge in [-0.3, -0.25) is 5.10 Å². The quantitative estimate of drug-likeness (QED) is 0.631. The number of aromatic nitrogens is 3. The van der Waals surface area contributed by atoms with Crippen molar-refractivity contribution in [3.63, 3.8) is 0 Å². The van der Waals surface area contributed by atoms with Crippen LogP contribution in [0, 0.1) is 0 Å². The highest BCUT2D eigenvalue weighted by Crippen LogP contribution is 2.17. The highest BCUT2D eigenvalue weighted by Gasteiger charge is 2.14. The molecule has 0 bridgehead atoms. The summed E-state index contributed by atoms with van der Waals surface area (Å²) < 4.78 is 0. The van der Waals surface area contributed by atoms with Crippen molar-refractivity contribution in [2.24, 2.45) is 0 Å². The summed E-state index contributed by atoms with van der Waals surface area (Å²) >= 11 is 0. The second kappa shape index (κ2) is 3.74. The first-order valence-corrected chi connectivity index (χ1v) is 4.75. The van der Waals surface area contributed by atoms with Crippen molar-refractivity contribution in [2.75, 3.05) is 5.73 Å². The molecule has 1 aliphatic carbocycles. The molecule has 13 heavy (non-hydrogen) atoms. The van der Waals surface area contributed by atoms with Crippen molar-refractivity contribution in [3.8, 4) is 0 Å². The van der Waals surface area contributed by atoms with Gasteiger partial charge in [0.25, 0.3) is 0 Å². The van der Waals surface area contributed by atoms with Crippen molar-refractivity contribution >= 4 is 5.95 Å². The largest absolute Gasteiger partial charge is 0.367 e. The van der Waals surface area contributed by atoms with E-state index in [1.807, 2.05) is 0 Å². The van der Waals surface area contributed by atoms with E-state index in [2.05, 4.69) is 20.5 Å². The first-order chi connectivity index (χ1) is 6.34. The van der Waals surface area contributed by atoms with Gasteiger partial charge in [-0.1, -0.05) is 12.8 Å². The molecule has 1 heterocycles. The number of nitrogens with two attached hydrogens (primary N) is 1. The lowest BCUT2D eigenvalue weighted by Crippen LogP contribution is -2.25. The monoisotopic (exact) mass is 181 g/mol. The van der Waals surface area contributed by atoms with E-state index in [1.165, 1.54) is 25.7 Å². The summed E-state index contributed by atoms with van der Waals surface area (Å²) in [5.41, 5.74) is 5.38. The number of H-pyrrole nitrogens is 1. The highest BCUT2D eigenvalue weighted by molar-refractivity contribution is 5.12. The van der Waals surface area contributed by atoms with Crippen molar-refractivity contribution in [1.29, 1.82) is 0 Å². The molecule has 0 spiro atoms. The van der Waals surface area contributed by atoms with Crippen LogP contribution in [0.4, 0.5) is 5.95 Å². The summed E-state index contributed by atoms with van der Waals surface area (Å²) in [6, 6.07) is 0.659. The average molecular weight is 181 g/mol. The molecule has 4 N–H and O–H groups in total. The number of rotatable bonds is 3. The molecule has 0 aliphatic heterocycles. The average Bonchev–Trinajstić information content (AvgIpc) is 2.71. The molecule has 0 radical (unpaired) electrons. The van der Waals surface area contributed by atoms with E-state index in [9.17, 15) is 0 Å². The first kappa shape index (κ1) is 8.50. The molecule has 2 rings (SSSR count). The van der Waals surface area contributed by atoms with Gasteiger partial charge in [-0.25, -0.2) is 0 Å². The van der Waals surface area contributed by atoms with Crippen LogP contribution in [0.5, 0.6) is 0 Å². The Balaban J connectivity index is 1.78. The van der Waals surface area contributed by atoms with Gasteiger partial charge < -0.3 is 11.1 Å². The number of hydrogen-bond donors (Lipinski definition) is 3. The molecule has 5 nitrogen and oxygen atoms in total. The molecule has 1 aliphatic rings. The van der Waals surface area contributed by atoms with Gasteiger partial charge >= 0.3 is 0 Å². The molecule has 1 aromatic heterocycles. The first-order valence-electron chi connectivity index (χ1n) is 4.75. The van der Waals surface area contributed by atoms with Crippen molar-refractivity contribution in [2.45, 2.75) is 38.3 Å². The molecule has 0 aromatic carbocycles.